The SMILES string of the molecule is Cc1nc(-c2cccc(N3CC[C@@H](NC(=O)[C@@H]4CCN(C5CCCC5)C4)C3)n2)[nH]c1C1CC1. The molecule has 4 heterocycles. The average molecular weight is 449 g/mol. The Morgan fingerprint density at radius 2 is 1.88 bits per heavy atom. The molecular weight excluding hydrogens is 412 g/mol. The fourth-order valence-corrected chi connectivity index (χ4v) is 6.10. The number of nitrogens with one attached hydrogen (secondary N) is 2. The maximum Gasteiger partial charge on any atom is 0.224 e. The molecule has 176 valence electrons. The Kier molecular flexibility index (Phi) is 5.60. The minimum absolute atomic E-state index is 0.156. The van der Waals surface area contributed by atoms with E-state index in [-0.39, 0.29) is 17.9 Å². The van der Waals surface area contributed by atoms with Gasteiger partial charge in [-0.05, 0) is 64.1 Å². The summed E-state index contributed by atoms with van der Waals surface area (Å²) in [5.74, 6) is 2.90. The molecule has 2 saturated carbocycles. The minimum Gasteiger partial charge on any atom is -0.354 e. The average Bonchev–Trinajstić information content (AvgIpc) is 3.29. The lowest BCUT2D eigenvalue weighted by Crippen LogP contribution is -2.42. The van der Waals surface area contributed by atoms with Crippen LogP contribution < -0.4 is 10.2 Å². The van der Waals surface area contributed by atoms with Crippen LogP contribution in [-0.2, 0) is 4.79 Å². The van der Waals surface area contributed by atoms with Gasteiger partial charge in [-0.1, -0.05) is 18.9 Å². The first-order chi connectivity index (χ1) is 16.1. The van der Waals surface area contributed by atoms with E-state index in [1.54, 1.807) is 0 Å². The molecule has 7 heteroatoms. The van der Waals surface area contributed by atoms with Gasteiger partial charge in [0.05, 0.1) is 11.6 Å². The highest BCUT2D eigenvalue weighted by atomic mass is 16.2. The van der Waals surface area contributed by atoms with Crippen LogP contribution in [0, 0.1) is 12.8 Å². The first kappa shape index (κ1) is 21.1. The van der Waals surface area contributed by atoms with Crippen molar-refractivity contribution in [1.82, 2.24) is 25.2 Å². The van der Waals surface area contributed by atoms with Crippen molar-refractivity contribution in [2.75, 3.05) is 31.1 Å². The predicted octanol–water partition coefficient (Wildman–Crippen LogP) is 3.62. The van der Waals surface area contributed by atoms with Crippen molar-refractivity contribution in [1.29, 1.82) is 0 Å². The van der Waals surface area contributed by atoms with Gasteiger partial charge in [0.1, 0.15) is 11.5 Å². The van der Waals surface area contributed by atoms with E-state index in [0.29, 0.717) is 5.92 Å². The number of carbonyl (C=O) groups is 1. The van der Waals surface area contributed by atoms with Gasteiger partial charge in [0.2, 0.25) is 5.91 Å². The Morgan fingerprint density at radius 1 is 1.03 bits per heavy atom. The highest BCUT2D eigenvalue weighted by Crippen LogP contribution is 2.41. The van der Waals surface area contributed by atoms with Crippen LogP contribution in [0.2, 0.25) is 0 Å². The summed E-state index contributed by atoms with van der Waals surface area (Å²) in [7, 11) is 0. The summed E-state index contributed by atoms with van der Waals surface area (Å²) in [5, 5.41) is 3.35. The fraction of sp³-hybridized carbons (Fsp3) is 0.654. The van der Waals surface area contributed by atoms with Gasteiger partial charge >= 0.3 is 0 Å². The van der Waals surface area contributed by atoms with Crippen LogP contribution in [0.4, 0.5) is 5.82 Å². The number of hydrogen-bond donors (Lipinski definition) is 2. The van der Waals surface area contributed by atoms with Crippen LogP contribution in [0.5, 0.6) is 0 Å². The van der Waals surface area contributed by atoms with Crippen molar-refractivity contribution < 1.29 is 4.79 Å². The second-order valence-electron chi connectivity index (χ2n) is 10.6. The van der Waals surface area contributed by atoms with Crippen LogP contribution in [0.1, 0.15) is 68.7 Å². The number of imidazole rings is 1. The topological polar surface area (TPSA) is 77.2 Å². The molecule has 2 aliphatic heterocycles. The lowest BCUT2D eigenvalue weighted by molar-refractivity contribution is -0.125. The molecule has 4 aliphatic rings. The van der Waals surface area contributed by atoms with Gasteiger partial charge in [0, 0.05) is 43.3 Å². The van der Waals surface area contributed by atoms with Crippen LogP contribution in [0.15, 0.2) is 18.2 Å². The Labute approximate surface area is 196 Å². The number of amides is 1. The Hall–Kier alpha value is -2.41. The number of carbonyl (C=O) groups excluding carboxylic acids is 1. The van der Waals surface area contributed by atoms with E-state index in [2.05, 4.69) is 39.2 Å². The van der Waals surface area contributed by atoms with E-state index in [1.807, 2.05) is 6.07 Å². The third-order valence-electron chi connectivity index (χ3n) is 8.18. The molecule has 2 aromatic heterocycles. The summed E-state index contributed by atoms with van der Waals surface area (Å²) in [6.07, 6.45) is 9.84. The number of aryl methyl sites for hydroxylation is 1. The number of aromatic amines is 1. The van der Waals surface area contributed by atoms with Crippen molar-refractivity contribution in [3.8, 4) is 11.5 Å². The van der Waals surface area contributed by atoms with E-state index in [0.717, 1.165) is 68.1 Å². The molecule has 7 nitrogen and oxygen atoms in total. The summed E-state index contributed by atoms with van der Waals surface area (Å²) in [6, 6.07) is 7.09. The van der Waals surface area contributed by atoms with Gasteiger partial charge < -0.3 is 15.2 Å². The van der Waals surface area contributed by atoms with Crippen molar-refractivity contribution in [2.24, 2.45) is 5.92 Å². The predicted molar refractivity (Wildman–Crippen MR) is 129 cm³/mol. The van der Waals surface area contributed by atoms with Crippen LogP contribution in [-0.4, -0.2) is 64.0 Å². The lowest BCUT2D eigenvalue weighted by atomic mass is 10.1. The largest absolute Gasteiger partial charge is 0.354 e. The fourth-order valence-electron chi connectivity index (χ4n) is 6.10. The molecule has 2 atom stereocenters. The number of hydrogen-bond acceptors (Lipinski definition) is 5. The Balaban J connectivity index is 1.06. The van der Waals surface area contributed by atoms with E-state index in [9.17, 15) is 4.79 Å². The van der Waals surface area contributed by atoms with E-state index < -0.39 is 0 Å². The highest BCUT2D eigenvalue weighted by molar-refractivity contribution is 5.79. The Morgan fingerprint density at radius 3 is 2.70 bits per heavy atom. The zero-order valence-electron chi connectivity index (χ0n) is 19.7. The third kappa shape index (κ3) is 4.39. The zero-order valence-corrected chi connectivity index (χ0v) is 19.7. The second-order valence-corrected chi connectivity index (χ2v) is 10.6. The molecule has 0 spiro atoms. The standard InChI is InChI=1S/C26H36N6O/c1-17-24(18-9-10-18)30-25(27-17)22-7-4-8-23(29-22)32-14-12-20(16-32)28-26(33)19-11-13-31(15-19)21-5-2-3-6-21/h4,7-8,18-21H,2-3,5-6,9-16H2,1H3,(H,27,30)(H,28,33)/t19-,20-/m1/s1. The van der Waals surface area contributed by atoms with Gasteiger partial charge in [-0.25, -0.2) is 9.97 Å². The van der Waals surface area contributed by atoms with Crippen LogP contribution in [0.3, 0.4) is 0 Å². The Bertz CT molecular complexity index is 1010. The molecular formula is C26H36N6O. The summed E-state index contributed by atoms with van der Waals surface area (Å²) >= 11 is 0. The maximum atomic E-state index is 13.0. The molecule has 0 unspecified atom stereocenters. The number of H-pyrrole nitrogens is 1. The van der Waals surface area contributed by atoms with Crippen molar-refractivity contribution in [2.45, 2.75) is 76.3 Å². The van der Waals surface area contributed by atoms with Crippen LogP contribution >= 0.6 is 0 Å². The summed E-state index contributed by atoms with van der Waals surface area (Å²) < 4.78 is 0. The lowest BCUT2D eigenvalue weighted by Gasteiger charge is -2.23. The molecule has 0 bridgehead atoms. The first-order valence-corrected chi connectivity index (χ1v) is 13.0. The van der Waals surface area contributed by atoms with E-state index in [1.165, 1.54) is 44.2 Å². The maximum absolute atomic E-state index is 13.0. The minimum atomic E-state index is 0.156. The summed E-state index contributed by atoms with van der Waals surface area (Å²) in [6.45, 7) is 5.87. The van der Waals surface area contributed by atoms with E-state index >= 15 is 0 Å². The van der Waals surface area contributed by atoms with Crippen molar-refractivity contribution in [3.05, 3.63) is 29.6 Å². The molecule has 2 saturated heterocycles. The number of nitrogens with zero attached hydrogens (tertiary/aromatic N) is 4. The summed E-state index contributed by atoms with van der Waals surface area (Å²) in [4.78, 5) is 31.0. The normalized spacial score (nSPS) is 26.4. The molecule has 0 aromatic carbocycles. The molecule has 4 fully saturated rings. The molecule has 33 heavy (non-hydrogen) atoms. The monoisotopic (exact) mass is 448 g/mol. The highest BCUT2D eigenvalue weighted by Gasteiger charge is 2.35. The molecule has 1 amide bonds. The quantitative estimate of drug-likeness (QED) is 0.706. The van der Waals surface area contributed by atoms with Gasteiger partial charge in [0.25, 0.3) is 0 Å². The molecule has 0 radical (unpaired) electrons. The summed E-state index contributed by atoms with van der Waals surface area (Å²) in [5.41, 5.74) is 3.27. The van der Waals surface area contributed by atoms with Gasteiger partial charge in [-0.15, -0.1) is 0 Å². The third-order valence-corrected chi connectivity index (χ3v) is 8.18. The van der Waals surface area contributed by atoms with Gasteiger partial charge in [0.15, 0.2) is 5.82 Å². The van der Waals surface area contributed by atoms with Crippen LogP contribution in [0.25, 0.3) is 11.5 Å². The molecule has 2 aliphatic carbocycles. The molecule has 2 N–H and O–H groups in total. The van der Waals surface area contributed by atoms with Crippen molar-refractivity contribution >= 4 is 11.7 Å². The number of likely N-dealkylation sites (tertiary alicyclic amines) is 1. The first-order valence-electron chi connectivity index (χ1n) is 13.0. The number of pyridine rings is 1. The number of anilines is 1. The smallest absolute Gasteiger partial charge is 0.224 e. The molecule has 6 rings (SSSR count). The number of rotatable bonds is 6. The number of aromatic nitrogens is 3. The molecule has 2 aromatic rings. The second kappa shape index (κ2) is 8.75. The van der Waals surface area contributed by atoms with Gasteiger partial charge in [-0.2, -0.15) is 0 Å². The van der Waals surface area contributed by atoms with Crippen molar-refractivity contribution in [3.63, 3.8) is 0 Å². The van der Waals surface area contributed by atoms with Gasteiger partial charge in [-0.3, -0.25) is 9.69 Å². The zero-order chi connectivity index (χ0) is 22.4. The van der Waals surface area contributed by atoms with E-state index in [4.69, 9.17) is 9.97 Å².